The van der Waals surface area contributed by atoms with E-state index in [1.54, 1.807) is 0 Å². The predicted molar refractivity (Wildman–Crippen MR) is 118 cm³/mol. The van der Waals surface area contributed by atoms with Gasteiger partial charge in [0.1, 0.15) is 29.4 Å². The van der Waals surface area contributed by atoms with Crippen LogP contribution in [-0.2, 0) is 16.8 Å². The van der Waals surface area contributed by atoms with E-state index in [1.165, 1.54) is 11.1 Å². The lowest BCUT2D eigenvalue weighted by molar-refractivity contribution is -0.0271. The van der Waals surface area contributed by atoms with Gasteiger partial charge in [0.15, 0.2) is 5.66 Å². The van der Waals surface area contributed by atoms with Gasteiger partial charge in [-0.05, 0) is 62.0 Å². The molecule has 1 aliphatic heterocycles. The molecule has 0 bridgehead atoms. The first kappa shape index (κ1) is 18.4. The van der Waals surface area contributed by atoms with Gasteiger partial charge in [0.25, 0.3) is 0 Å². The number of fused-ring (bicyclic) bond motifs is 3. The zero-order valence-corrected chi connectivity index (χ0v) is 17.7. The Hall–Kier alpha value is -1.01. The summed E-state index contributed by atoms with van der Waals surface area (Å²) < 4.78 is 7.34. The molecule has 2 aliphatic carbocycles. The van der Waals surface area contributed by atoms with E-state index in [9.17, 15) is 0 Å². The molecule has 134 valence electrons. The lowest BCUT2D eigenvalue weighted by Crippen LogP contribution is -2.46. The van der Waals surface area contributed by atoms with Crippen LogP contribution in [0.15, 0.2) is 32.7 Å². The summed E-state index contributed by atoms with van der Waals surface area (Å²) in [5.41, 5.74) is 9.12. The molecule has 1 fully saturated rings. The molecule has 4 rings (SSSR count). The van der Waals surface area contributed by atoms with Crippen LogP contribution in [0.1, 0.15) is 43.7 Å². The third-order valence-corrected chi connectivity index (χ3v) is 6.60. The molecule has 26 heavy (non-hydrogen) atoms. The number of nitrogens with two attached hydrogens (primary N) is 1. The highest BCUT2D eigenvalue weighted by Crippen LogP contribution is 2.62. The highest BCUT2D eigenvalue weighted by atomic mass is 79.9. The van der Waals surface area contributed by atoms with Gasteiger partial charge < -0.3 is 10.5 Å². The van der Waals surface area contributed by atoms with Crippen LogP contribution >= 0.6 is 15.9 Å². The Kier molecular flexibility index (Phi) is 4.24. The molecule has 3 aliphatic rings. The summed E-state index contributed by atoms with van der Waals surface area (Å²) in [6, 6.07) is 6.54. The van der Waals surface area contributed by atoms with Gasteiger partial charge in [0.05, 0.1) is 11.8 Å². The van der Waals surface area contributed by atoms with Crippen molar-refractivity contribution in [3.05, 3.63) is 33.8 Å². The zero-order chi connectivity index (χ0) is 18.7. The van der Waals surface area contributed by atoms with Crippen LogP contribution < -0.4 is 5.73 Å². The quantitative estimate of drug-likeness (QED) is 0.718. The fraction of sp³-hybridized carbons (Fsp3) is 0.556. The van der Waals surface area contributed by atoms with E-state index in [1.807, 2.05) is 6.92 Å². The molecule has 1 unspecified atom stereocenters. The second kappa shape index (κ2) is 6.00. The number of halogens is 1. The molecule has 1 aromatic carbocycles. The highest BCUT2D eigenvalue weighted by molar-refractivity contribution is 9.10. The minimum Gasteiger partial charge on any atom is -0.398 e. The van der Waals surface area contributed by atoms with E-state index >= 15 is 0 Å². The molecule has 2 N–H and O–H groups in total. The Balaban J connectivity index is 1.72. The molecule has 4 nitrogen and oxygen atoms in total. The highest BCUT2D eigenvalue weighted by Gasteiger charge is 2.60. The van der Waals surface area contributed by atoms with Gasteiger partial charge in [0.2, 0.25) is 0 Å². The number of ether oxygens (including phenoxy) is 1. The third kappa shape index (κ3) is 2.80. The van der Waals surface area contributed by atoms with Crippen molar-refractivity contribution in [3.8, 4) is 0 Å². The summed E-state index contributed by atoms with van der Waals surface area (Å²) >= 11 is 3.63. The van der Waals surface area contributed by atoms with Crippen molar-refractivity contribution in [2.75, 3.05) is 0 Å². The van der Waals surface area contributed by atoms with Gasteiger partial charge in [0, 0.05) is 15.5 Å². The molecular formula is C18H25B3BrN3O. The topological polar surface area (TPSA) is 60.0 Å². The maximum absolute atomic E-state index is 6.27. The molecule has 2 spiro atoms. The largest absolute Gasteiger partial charge is 0.398 e. The van der Waals surface area contributed by atoms with Crippen molar-refractivity contribution in [1.29, 1.82) is 0 Å². The Labute approximate surface area is 166 Å². The number of nitrogens with zero attached hydrogens (tertiary/aromatic N) is 2. The molecule has 0 aromatic heterocycles. The van der Waals surface area contributed by atoms with Crippen LogP contribution in [0, 0.1) is 5.41 Å². The van der Waals surface area contributed by atoms with Gasteiger partial charge in [-0.25, -0.2) is 4.99 Å². The van der Waals surface area contributed by atoms with Crippen molar-refractivity contribution >= 4 is 51.0 Å². The average molecular weight is 412 g/mol. The standard InChI is InChI=1S/C18H25B3BrN3O/c1-10-15(23)25-17(24-10)14-8-12(22)3-2-11(14)9-16(17)6-4-13(5-7-16)26-18(19,20)21/h2-3,8,13H,4-7,9,19-21H2,1H3,(H2,23,25). The number of benzene rings is 1. The van der Waals surface area contributed by atoms with E-state index in [0.717, 1.165) is 42.3 Å². The number of amidine groups is 1. The van der Waals surface area contributed by atoms with Gasteiger partial charge in [-0.2, -0.15) is 0 Å². The average Bonchev–Trinajstić information content (AvgIpc) is 2.98. The fourth-order valence-corrected chi connectivity index (χ4v) is 5.39. The Morgan fingerprint density at radius 1 is 1.23 bits per heavy atom. The van der Waals surface area contributed by atoms with Crippen LogP contribution in [0.5, 0.6) is 0 Å². The molecule has 1 aromatic rings. The van der Waals surface area contributed by atoms with E-state index in [0.29, 0.717) is 11.9 Å². The fourth-order valence-electron chi connectivity index (χ4n) is 5.03. The molecule has 0 amide bonds. The van der Waals surface area contributed by atoms with E-state index in [-0.39, 0.29) is 10.7 Å². The summed E-state index contributed by atoms with van der Waals surface area (Å²) in [5, 5.41) is -0.0962. The molecular weight excluding hydrogens is 387 g/mol. The van der Waals surface area contributed by atoms with Crippen LogP contribution in [0.2, 0.25) is 0 Å². The number of hydrogen-bond acceptors (Lipinski definition) is 4. The number of rotatable bonds is 2. The van der Waals surface area contributed by atoms with Gasteiger partial charge in [-0.1, -0.05) is 22.0 Å². The van der Waals surface area contributed by atoms with Crippen LogP contribution in [0.4, 0.5) is 0 Å². The molecule has 1 atom stereocenters. The lowest BCUT2D eigenvalue weighted by Gasteiger charge is -2.45. The SMILES string of the molecule is BC(B)(B)OC1CCC2(CC1)Cc1ccc(Br)cc1C21N=C(C)C(N)=N1. The summed E-state index contributed by atoms with van der Waals surface area (Å²) in [4.78, 5) is 10.1. The van der Waals surface area contributed by atoms with E-state index in [4.69, 9.17) is 20.5 Å². The van der Waals surface area contributed by atoms with Crippen molar-refractivity contribution in [2.45, 2.75) is 56.1 Å². The first-order valence-corrected chi connectivity index (χ1v) is 10.3. The van der Waals surface area contributed by atoms with Gasteiger partial charge >= 0.3 is 0 Å². The van der Waals surface area contributed by atoms with Crippen molar-refractivity contribution in [3.63, 3.8) is 0 Å². The summed E-state index contributed by atoms with van der Waals surface area (Å²) in [7, 11) is 6.41. The second-order valence-corrected chi connectivity index (χ2v) is 9.97. The lowest BCUT2D eigenvalue weighted by atomic mass is 9.52. The molecule has 8 heteroatoms. The van der Waals surface area contributed by atoms with E-state index in [2.05, 4.69) is 57.7 Å². The smallest absolute Gasteiger partial charge is 0.184 e. The monoisotopic (exact) mass is 411 g/mol. The molecule has 0 radical (unpaired) electrons. The maximum atomic E-state index is 6.27. The van der Waals surface area contributed by atoms with E-state index < -0.39 is 5.66 Å². The normalized spacial score (nSPS) is 33.4. The van der Waals surface area contributed by atoms with Crippen LogP contribution in [0.3, 0.4) is 0 Å². The first-order chi connectivity index (χ1) is 12.1. The molecule has 0 saturated heterocycles. The number of aliphatic imine (C=N–C) groups is 2. The third-order valence-electron chi connectivity index (χ3n) is 6.11. The zero-order valence-electron chi connectivity index (χ0n) is 16.1. The van der Waals surface area contributed by atoms with Gasteiger partial charge in [-0.15, -0.1) is 0 Å². The number of hydrogen-bond donors (Lipinski definition) is 1. The molecule has 1 heterocycles. The Morgan fingerprint density at radius 2 is 1.92 bits per heavy atom. The maximum Gasteiger partial charge on any atom is 0.184 e. The van der Waals surface area contributed by atoms with Crippen LogP contribution in [0.25, 0.3) is 0 Å². The minimum atomic E-state index is -0.549. The van der Waals surface area contributed by atoms with Crippen molar-refractivity contribution < 1.29 is 4.74 Å². The first-order valence-electron chi connectivity index (χ1n) is 9.53. The van der Waals surface area contributed by atoms with Gasteiger partial charge in [-0.3, -0.25) is 4.99 Å². The second-order valence-electron chi connectivity index (χ2n) is 9.05. The van der Waals surface area contributed by atoms with Crippen molar-refractivity contribution in [2.24, 2.45) is 21.1 Å². The minimum absolute atomic E-state index is 0.0102. The predicted octanol–water partition coefficient (Wildman–Crippen LogP) is 0.446. The van der Waals surface area contributed by atoms with Crippen molar-refractivity contribution in [1.82, 2.24) is 0 Å². The Bertz CT molecular complexity index is 792. The summed E-state index contributed by atoms with van der Waals surface area (Å²) in [6.07, 6.45) is 5.57. The molecule has 1 saturated carbocycles. The van der Waals surface area contributed by atoms with Crippen LogP contribution in [-0.4, -0.2) is 46.5 Å². The summed E-state index contributed by atoms with van der Waals surface area (Å²) in [6.45, 7) is 1.98. The summed E-state index contributed by atoms with van der Waals surface area (Å²) in [5.74, 6) is 0.588. The Morgan fingerprint density at radius 3 is 2.50 bits per heavy atom.